The van der Waals surface area contributed by atoms with Crippen molar-refractivity contribution in [1.29, 1.82) is 0 Å². The highest BCUT2D eigenvalue weighted by Crippen LogP contribution is 2.07. The second-order valence-electron chi connectivity index (χ2n) is 1.20. The molecule has 0 aromatic rings. The molecule has 0 heterocycles. The molecule has 0 aliphatic heterocycles. The molecule has 0 aromatic carbocycles. The molecular weight excluding hydrogens is 142 g/mol. The van der Waals surface area contributed by atoms with Crippen LogP contribution in [-0.4, -0.2) is 5.75 Å². The van der Waals surface area contributed by atoms with Gasteiger partial charge in [-0.1, -0.05) is 33.9 Å². The number of hydrogen-bond acceptors (Lipinski definition) is 2. The Morgan fingerprint density at radius 1 is 1.60 bits per heavy atom. The van der Waals surface area contributed by atoms with Gasteiger partial charge in [-0.05, 0) is 12.0 Å². The standard InChI is InChI=1S/C6H11NS.C2H6/c1-4-7-6(3)8-5-2;1-2/h4,7H,1,3,5H2,2H3;1-2H3. The van der Waals surface area contributed by atoms with Crippen molar-refractivity contribution in [3.05, 3.63) is 24.4 Å². The van der Waals surface area contributed by atoms with E-state index in [1.165, 1.54) is 0 Å². The van der Waals surface area contributed by atoms with E-state index in [4.69, 9.17) is 0 Å². The summed E-state index contributed by atoms with van der Waals surface area (Å²) in [6.45, 7) is 13.3. The molecule has 60 valence electrons. The maximum Gasteiger partial charge on any atom is 0.0647 e. The van der Waals surface area contributed by atoms with Crippen LogP contribution in [0.5, 0.6) is 0 Å². The van der Waals surface area contributed by atoms with Crippen molar-refractivity contribution in [3.8, 4) is 0 Å². The first-order valence-corrected chi connectivity index (χ1v) is 4.49. The highest BCUT2D eigenvalue weighted by molar-refractivity contribution is 8.02. The minimum Gasteiger partial charge on any atom is -0.358 e. The van der Waals surface area contributed by atoms with Crippen molar-refractivity contribution in [2.45, 2.75) is 20.8 Å². The van der Waals surface area contributed by atoms with E-state index in [9.17, 15) is 0 Å². The molecule has 0 aromatic heterocycles. The summed E-state index contributed by atoms with van der Waals surface area (Å²) >= 11 is 1.68. The van der Waals surface area contributed by atoms with Crippen molar-refractivity contribution in [3.63, 3.8) is 0 Å². The molecular formula is C8H17NS. The van der Waals surface area contributed by atoms with Crippen LogP contribution in [0.1, 0.15) is 20.8 Å². The molecule has 0 saturated carbocycles. The summed E-state index contributed by atoms with van der Waals surface area (Å²) in [5.41, 5.74) is 0. The zero-order valence-electron chi connectivity index (χ0n) is 7.11. The van der Waals surface area contributed by atoms with E-state index in [-0.39, 0.29) is 0 Å². The first-order chi connectivity index (χ1) is 4.81. The third kappa shape index (κ3) is 10.6. The van der Waals surface area contributed by atoms with Crippen LogP contribution in [0.3, 0.4) is 0 Å². The van der Waals surface area contributed by atoms with Crippen LogP contribution in [0, 0.1) is 0 Å². The molecule has 10 heavy (non-hydrogen) atoms. The van der Waals surface area contributed by atoms with Gasteiger partial charge in [-0.3, -0.25) is 0 Å². The van der Waals surface area contributed by atoms with E-state index >= 15 is 0 Å². The van der Waals surface area contributed by atoms with Gasteiger partial charge in [-0.2, -0.15) is 0 Å². The maximum absolute atomic E-state index is 3.71. The van der Waals surface area contributed by atoms with Gasteiger partial charge in [0, 0.05) is 0 Å². The highest BCUT2D eigenvalue weighted by Gasteiger charge is 1.83. The van der Waals surface area contributed by atoms with Gasteiger partial charge >= 0.3 is 0 Å². The Morgan fingerprint density at radius 2 is 2.10 bits per heavy atom. The van der Waals surface area contributed by atoms with E-state index in [0.29, 0.717) is 0 Å². The maximum atomic E-state index is 3.71. The van der Waals surface area contributed by atoms with Gasteiger partial charge in [0.1, 0.15) is 0 Å². The molecule has 0 unspecified atom stereocenters. The molecule has 1 nitrogen and oxygen atoms in total. The summed E-state index contributed by atoms with van der Waals surface area (Å²) in [4.78, 5) is 0. The van der Waals surface area contributed by atoms with Crippen molar-refractivity contribution >= 4 is 11.8 Å². The van der Waals surface area contributed by atoms with Crippen LogP contribution in [0.4, 0.5) is 0 Å². The van der Waals surface area contributed by atoms with E-state index in [1.54, 1.807) is 18.0 Å². The Bertz CT molecular complexity index is 89.3. The molecule has 0 amide bonds. The molecule has 2 heteroatoms. The fraction of sp³-hybridized carbons (Fsp3) is 0.500. The van der Waals surface area contributed by atoms with E-state index in [0.717, 1.165) is 10.8 Å². The monoisotopic (exact) mass is 159 g/mol. The fourth-order valence-electron chi connectivity index (χ4n) is 0.330. The second kappa shape index (κ2) is 11.4. The van der Waals surface area contributed by atoms with Gasteiger partial charge < -0.3 is 5.32 Å². The first-order valence-electron chi connectivity index (χ1n) is 3.50. The van der Waals surface area contributed by atoms with Crippen molar-refractivity contribution < 1.29 is 0 Å². The zero-order chi connectivity index (χ0) is 8.41. The Kier molecular flexibility index (Phi) is 14.1. The lowest BCUT2D eigenvalue weighted by Crippen LogP contribution is -1.97. The van der Waals surface area contributed by atoms with Gasteiger partial charge in [0.25, 0.3) is 0 Å². The van der Waals surface area contributed by atoms with E-state index < -0.39 is 0 Å². The fourth-order valence-corrected chi connectivity index (χ4v) is 0.845. The number of nitrogens with one attached hydrogen (secondary N) is 1. The van der Waals surface area contributed by atoms with Crippen LogP contribution in [0.15, 0.2) is 24.4 Å². The molecule has 0 rings (SSSR count). The van der Waals surface area contributed by atoms with E-state index in [1.807, 2.05) is 13.8 Å². The Labute approximate surface area is 68.6 Å². The topological polar surface area (TPSA) is 12.0 Å². The van der Waals surface area contributed by atoms with Crippen LogP contribution in [0.25, 0.3) is 0 Å². The summed E-state index contributed by atoms with van der Waals surface area (Å²) < 4.78 is 0. The molecule has 1 N–H and O–H groups in total. The van der Waals surface area contributed by atoms with Gasteiger partial charge in [-0.15, -0.1) is 11.8 Å². The van der Waals surface area contributed by atoms with Crippen LogP contribution in [-0.2, 0) is 0 Å². The zero-order valence-corrected chi connectivity index (χ0v) is 7.92. The third-order valence-electron chi connectivity index (χ3n) is 0.582. The van der Waals surface area contributed by atoms with Crippen LogP contribution < -0.4 is 5.32 Å². The van der Waals surface area contributed by atoms with Gasteiger partial charge in [0.05, 0.1) is 5.03 Å². The Hall–Kier alpha value is -0.370. The summed E-state index contributed by atoms with van der Waals surface area (Å²) in [6, 6.07) is 0. The molecule has 0 bridgehead atoms. The van der Waals surface area contributed by atoms with Gasteiger partial charge in [0.2, 0.25) is 0 Å². The van der Waals surface area contributed by atoms with Crippen molar-refractivity contribution in [2.75, 3.05) is 5.75 Å². The molecule has 0 spiro atoms. The lowest BCUT2D eigenvalue weighted by atomic mass is 10.9. The molecule has 0 aliphatic rings. The van der Waals surface area contributed by atoms with E-state index in [2.05, 4.69) is 25.4 Å². The minimum absolute atomic E-state index is 0.961. The highest BCUT2D eigenvalue weighted by atomic mass is 32.2. The molecule has 0 aliphatic carbocycles. The normalized spacial score (nSPS) is 7.10. The van der Waals surface area contributed by atoms with Crippen LogP contribution in [0.2, 0.25) is 0 Å². The smallest absolute Gasteiger partial charge is 0.0647 e. The summed E-state index contributed by atoms with van der Waals surface area (Å²) in [5, 5.41) is 3.84. The van der Waals surface area contributed by atoms with Gasteiger partial charge in [0.15, 0.2) is 0 Å². The largest absolute Gasteiger partial charge is 0.358 e. The molecule has 0 radical (unpaired) electrons. The third-order valence-corrected chi connectivity index (χ3v) is 1.34. The Balaban J connectivity index is 0. The molecule has 0 atom stereocenters. The molecule has 0 fully saturated rings. The average Bonchev–Trinajstić information content (AvgIpc) is 1.93. The number of rotatable bonds is 4. The quantitative estimate of drug-likeness (QED) is 0.677. The summed E-state index contributed by atoms with van der Waals surface area (Å²) in [5.74, 6) is 1.06. The Morgan fingerprint density at radius 3 is 2.40 bits per heavy atom. The van der Waals surface area contributed by atoms with Crippen molar-refractivity contribution in [2.24, 2.45) is 0 Å². The predicted molar refractivity (Wildman–Crippen MR) is 52.0 cm³/mol. The summed E-state index contributed by atoms with van der Waals surface area (Å²) in [6.07, 6.45) is 1.63. The number of hydrogen-bond donors (Lipinski definition) is 1. The average molecular weight is 159 g/mol. The lowest BCUT2D eigenvalue weighted by molar-refractivity contribution is 1.18. The predicted octanol–water partition coefficient (Wildman–Crippen LogP) is 2.97. The summed E-state index contributed by atoms with van der Waals surface area (Å²) in [7, 11) is 0. The minimum atomic E-state index is 0.961. The first kappa shape index (κ1) is 12.3. The second-order valence-corrected chi connectivity index (χ2v) is 2.56. The lowest BCUT2D eigenvalue weighted by Gasteiger charge is -1.99. The van der Waals surface area contributed by atoms with Crippen molar-refractivity contribution in [1.82, 2.24) is 5.32 Å². The van der Waals surface area contributed by atoms with Gasteiger partial charge in [-0.25, -0.2) is 0 Å². The SMILES string of the molecule is C=CNC(=C)SCC.CC. The number of thioether (sulfide) groups is 1. The molecule has 0 saturated heterocycles. The van der Waals surface area contributed by atoms with Crippen LogP contribution >= 0.6 is 11.8 Å².